The fraction of sp³-hybridized carbons (Fsp3) is 0.111. The Morgan fingerprint density at radius 3 is 2.87 bits per heavy atom. The van der Waals surface area contributed by atoms with Crippen LogP contribution in [-0.2, 0) is 15.3 Å². The van der Waals surface area contributed by atoms with Gasteiger partial charge in [-0.2, -0.15) is 0 Å². The maximum absolute atomic E-state index is 5.57. The first-order valence-corrected chi connectivity index (χ1v) is 4.67. The van der Waals surface area contributed by atoms with Gasteiger partial charge < -0.3 is 4.74 Å². The van der Waals surface area contributed by atoms with Gasteiger partial charge in [-0.05, 0) is 0 Å². The fourth-order valence-corrected chi connectivity index (χ4v) is 2.03. The Morgan fingerprint density at radius 1 is 1.13 bits per heavy atom. The Bertz CT molecular complexity index is 605. The van der Waals surface area contributed by atoms with Crippen molar-refractivity contribution >= 4 is 5.88 Å². The number of rotatable bonds is 1. The number of hydrogen-bond donors (Lipinski definition) is 0. The molecule has 0 bridgehead atoms. The summed E-state index contributed by atoms with van der Waals surface area (Å²) in [5, 5.41) is 1.65. The van der Waals surface area contributed by atoms with Crippen LogP contribution in [0, 0.1) is 0 Å². The van der Waals surface area contributed by atoms with E-state index in [-0.39, 0.29) is 0 Å². The molecule has 0 aliphatic carbocycles. The molecule has 1 atom stereocenters. The minimum absolute atomic E-state index is 0.566. The van der Waals surface area contributed by atoms with Gasteiger partial charge >= 0.3 is 11.6 Å². The minimum Gasteiger partial charge on any atom is -0.426 e. The number of fused-ring (bicyclic) bond motifs is 5. The fourth-order valence-electron chi connectivity index (χ4n) is 2.03. The first-order valence-electron chi connectivity index (χ1n) is 4.67. The summed E-state index contributed by atoms with van der Waals surface area (Å²) in [5.74, 6) is 1.56. The molecule has 1 aromatic carbocycles. The second-order valence-corrected chi connectivity index (χ2v) is 3.72. The third kappa shape index (κ3) is 0.533. The molecule has 6 heteroatoms. The second-order valence-electron chi connectivity index (χ2n) is 3.72. The highest BCUT2D eigenvalue weighted by Gasteiger charge is 2.76. The Labute approximate surface area is 83.3 Å². The maximum Gasteiger partial charge on any atom is 0.305 e. The summed E-state index contributed by atoms with van der Waals surface area (Å²) < 4.78 is 10.5. The van der Waals surface area contributed by atoms with Gasteiger partial charge in [0.05, 0.1) is 0 Å². The largest absolute Gasteiger partial charge is 0.426 e. The van der Waals surface area contributed by atoms with Gasteiger partial charge in [-0.3, -0.25) is 0 Å². The molecule has 74 valence electrons. The van der Waals surface area contributed by atoms with Gasteiger partial charge in [0.1, 0.15) is 0 Å². The average Bonchev–Trinajstić information content (AvgIpc) is 3.12. The van der Waals surface area contributed by atoms with Crippen LogP contribution < -0.4 is 5.17 Å². The zero-order valence-electron chi connectivity index (χ0n) is 7.45. The van der Waals surface area contributed by atoms with Crippen LogP contribution in [0.4, 0.5) is 0 Å². The standard InChI is InChI=1S/C9H5N3O3/c1-2-4-6(5-3-1)9-7-8(13-7)10-12(15-10)11(9)14-9/h1-5H. The number of nitrogens with zero attached hydrogens (tertiary/aromatic N) is 3. The Morgan fingerprint density at radius 2 is 2.00 bits per heavy atom. The lowest BCUT2D eigenvalue weighted by Gasteiger charge is -2.03. The van der Waals surface area contributed by atoms with E-state index >= 15 is 0 Å². The predicted molar refractivity (Wildman–Crippen MR) is 46.4 cm³/mol. The number of benzene rings is 1. The maximum atomic E-state index is 5.57. The topological polar surface area (TPSA) is 51.1 Å². The monoisotopic (exact) mass is 203 g/mol. The van der Waals surface area contributed by atoms with E-state index in [9.17, 15) is 0 Å². The first kappa shape index (κ1) is 6.41. The molecular formula is C9H5N3O3. The smallest absolute Gasteiger partial charge is 0.305 e. The molecule has 1 aromatic heterocycles. The number of hydroxylamine groups is 1. The van der Waals surface area contributed by atoms with Crippen LogP contribution in [0.15, 0.2) is 40.7 Å². The molecule has 6 nitrogen and oxygen atoms in total. The van der Waals surface area contributed by atoms with Crippen molar-refractivity contribution in [3.05, 3.63) is 41.7 Å². The van der Waals surface area contributed by atoms with E-state index in [1.807, 2.05) is 30.3 Å². The summed E-state index contributed by atoms with van der Waals surface area (Å²) in [6, 6.07) is 9.93. The van der Waals surface area contributed by atoms with E-state index in [2.05, 4.69) is 0 Å². The third-order valence-electron chi connectivity index (χ3n) is 2.89. The van der Waals surface area contributed by atoms with Crippen LogP contribution in [-0.4, -0.2) is 9.82 Å². The second kappa shape index (κ2) is 1.59. The van der Waals surface area contributed by atoms with Gasteiger partial charge in [0.2, 0.25) is 5.76 Å². The van der Waals surface area contributed by atoms with Crippen LogP contribution in [0.3, 0.4) is 0 Å². The van der Waals surface area contributed by atoms with Gasteiger partial charge in [0.15, 0.2) is 0 Å². The van der Waals surface area contributed by atoms with Crippen LogP contribution >= 0.6 is 0 Å². The van der Waals surface area contributed by atoms with Crippen molar-refractivity contribution in [2.75, 3.05) is 5.17 Å². The van der Waals surface area contributed by atoms with E-state index in [0.717, 1.165) is 17.2 Å². The van der Waals surface area contributed by atoms with Gasteiger partial charge in [0.25, 0.3) is 0 Å². The van der Waals surface area contributed by atoms with Crippen LogP contribution in [0.1, 0.15) is 5.56 Å². The Balaban J connectivity index is 1.75. The molecule has 0 amide bonds. The van der Waals surface area contributed by atoms with Crippen molar-refractivity contribution in [2.24, 2.45) is 0 Å². The van der Waals surface area contributed by atoms with Crippen LogP contribution in [0.25, 0.3) is 5.88 Å². The van der Waals surface area contributed by atoms with Gasteiger partial charge in [-0.15, -0.1) is 0 Å². The SMILES string of the molecule is c1ccc(C23ON2n2on2C2=C3O2)cc1. The van der Waals surface area contributed by atoms with E-state index in [0.29, 0.717) is 0 Å². The zero-order valence-corrected chi connectivity index (χ0v) is 7.45. The molecule has 2 aromatic rings. The molecule has 3 aliphatic rings. The minimum atomic E-state index is -0.566. The molecule has 1 unspecified atom stereocenters. The van der Waals surface area contributed by atoms with E-state index in [1.165, 1.54) is 4.96 Å². The van der Waals surface area contributed by atoms with Gasteiger partial charge in [0, 0.05) is 15.4 Å². The molecule has 5 rings (SSSR count). The summed E-state index contributed by atoms with van der Waals surface area (Å²) in [6.07, 6.45) is 0. The molecule has 1 fully saturated rings. The van der Waals surface area contributed by atoms with Gasteiger partial charge in [-0.25, -0.2) is 9.47 Å². The quantitative estimate of drug-likeness (QED) is 0.643. The van der Waals surface area contributed by atoms with Gasteiger partial charge in [-0.1, -0.05) is 35.5 Å². The lowest BCUT2D eigenvalue weighted by atomic mass is 10.1. The zero-order chi connectivity index (χ0) is 9.62. The lowest BCUT2D eigenvalue weighted by Crippen LogP contribution is -2.22. The molecule has 0 spiro atoms. The highest BCUT2D eigenvalue weighted by molar-refractivity contribution is 5.63. The highest BCUT2D eigenvalue weighted by atomic mass is 17.0. The summed E-state index contributed by atoms with van der Waals surface area (Å²) in [7, 11) is 0. The molecule has 1 saturated heterocycles. The van der Waals surface area contributed by atoms with Crippen molar-refractivity contribution in [2.45, 2.75) is 5.72 Å². The molecule has 3 aliphatic heterocycles. The van der Waals surface area contributed by atoms with Crippen molar-refractivity contribution in [1.29, 1.82) is 0 Å². The third-order valence-corrected chi connectivity index (χ3v) is 2.89. The average molecular weight is 203 g/mol. The van der Waals surface area contributed by atoms with Crippen LogP contribution in [0.2, 0.25) is 0 Å². The van der Waals surface area contributed by atoms with Crippen molar-refractivity contribution in [3.8, 4) is 0 Å². The number of ether oxygens (including phenoxy) is 1. The molecule has 0 saturated carbocycles. The summed E-state index contributed by atoms with van der Waals surface area (Å²) >= 11 is 0. The van der Waals surface area contributed by atoms with Crippen molar-refractivity contribution in [3.63, 3.8) is 0 Å². The first-order chi connectivity index (χ1) is 7.41. The molecule has 15 heavy (non-hydrogen) atoms. The Kier molecular flexibility index (Phi) is 0.679. The van der Waals surface area contributed by atoms with E-state index in [4.69, 9.17) is 14.2 Å². The molecule has 4 heterocycles. The lowest BCUT2D eigenvalue weighted by molar-refractivity contribution is 0.280. The van der Waals surface area contributed by atoms with Crippen molar-refractivity contribution < 1.29 is 14.2 Å². The normalized spacial score (nSPS) is 29.5. The molecular weight excluding hydrogens is 198 g/mol. The number of hydrogen-bond acceptors (Lipinski definition) is 4. The van der Waals surface area contributed by atoms with E-state index < -0.39 is 5.72 Å². The predicted octanol–water partition coefficient (Wildman–Crippen LogP) is 0.789. The molecule has 0 radical (unpaired) electrons. The molecule has 0 N–H and O–H groups in total. The summed E-state index contributed by atoms with van der Waals surface area (Å²) in [6.45, 7) is 0. The van der Waals surface area contributed by atoms with E-state index in [1.54, 1.807) is 10.0 Å². The number of aromatic nitrogens is 2. The summed E-state index contributed by atoms with van der Waals surface area (Å²) in [5.41, 5.74) is 0.481. The van der Waals surface area contributed by atoms with Crippen LogP contribution in [0.5, 0.6) is 0 Å². The summed E-state index contributed by atoms with van der Waals surface area (Å²) in [4.78, 5) is 8.64. The van der Waals surface area contributed by atoms with Crippen molar-refractivity contribution in [1.82, 2.24) is 9.82 Å². The Hall–Kier alpha value is -2.08. The highest BCUT2D eigenvalue weighted by Crippen LogP contribution is 2.61.